The van der Waals surface area contributed by atoms with Crippen molar-refractivity contribution in [1.82, 2.24) is 10.4 Å². The van der Waals surface area contributed by atoms with E-state index in [4.69, 9.17) is 4.84 Å². The third-order valence-corrected chi connectivity index (χ3v) is 14.3. The summed E-state index contributed by atoms with van der Waals surface area (Å²) in [4.78, 5) is 45.8. The number of carbonyl (C=O) groups excluding carboxylic acids is 3. The number of rotatable bonds is 5. The van der Waals surface area contributed by atoms with Crippen LogP contribution >= 0.6 is 0 Å². The highest BCUT2D eigenvalue weighted by molar-refractivity contribution is 5.95. The minimum absolute atomic E-state index is 0.0272. The SMILES string of the molecule is CON(CCO)C(=O)[C@@]1(C)CC[C@]2(C)CC[C@]3(C)C(=CC(=O)[C@@H]4[C@@]5(C)CC[C@H](NC(C)=O)C(C)(C)C5CC[C@]43C)[C@@H]2C1. The van der Waals surface area contributed by atoms with Gasteiger partial charge in [-0.2, -0.15) is 0 Å². The third-order valence-electron chi connectivity index (χ3n) is 14.3. The molecule has 5 rings (SSSR count). The lowest BCUT2D eigenvalue weighted by Crippen LogP contribution is -2.67. The summed E-state index contributed by atoms with van der Waals surface area (Å²) >= 11 is 0. The van der Waals surface area contributed by atoms with Crippen LogP contribution in [0.2, 0.25) is 0 Å². The molecule has 9 atom stereocenters. The van der Waals surface area contributed by atoms with Gasteiger partial charge < -0.3 is 10.4 Å². The number of ketones is 1. The summed E-state index contributed by atoms with van der Waals surface area (Å²) in [7, 11) is 1.49. The van der Waals surface area contributed by atoms with Crippen molar-refractivity contribution in [3.05, 3.63) is 11.6 Å². The summed E-state index contributed by atoms with van der Waals surface area (Å²) in [6, 6.07) is 0.128. The van der Waals surface area contributed by atoms with Crippen LogP contribution in [0.4, 0.5) is 0 Å². The molecule has 0 aromatic carbocycles. The topological polar surface area (TPSA) is 95.9 Å². The highest BCUT2D eigenvalue weighted by Gasteiger charge is 2.70. The summed E-state index contributed by atoms with van der Waals surface area (Å²) < 4.78 is 0. The number of fused-ring (bicyclic) bond motifs is 7. The number of hydrogen-bond acceptors (Lipinski definition) is 5. The number of allylic oxidation sites excluding steroid dienone is 2. The van der Waals surface area contributed by atoms with Crippen molar-refractivity contribution in [1.29, 1.82) is 0 Å². The van der Waals surface area contributed by atoms with Gasteiger partial charge in [-0.05, 0) is 103 Å². The lowest BCUT2D eigenvalue weighted by atomic mass is 9.33. The summed E-state index contributed by atoms with van der Waals surface area (Å²) in [5, 5.41) is 14.1. The zero-order valence-electron chi connectivity index (χ0n) is 27.7. The second kappa shape index (κ2) is 10.2. The first-order valence-corrected chi connectivity index (χ1v) is 16.4. The molecular formula is C35H56N2O5. The van der Waals surface area contributed by atoms with Crippen LogP contribution in [0.5, 0.6) is 0 Å². The van der Waals surface area contributed by atoms with Crippen LogP contribution in [0.25, 0.3) is 0 Å². The van der Waals surface area contributed by atoms with Crippen LogP contribution in [0.3, 0.4) is 0 Å². The molecule has 1 unspecified atom stereocenters. The van der Waals surface area contributed by atoms with E-state index < -0.39 is 5.41 Å². The first-order valence-electron chi connectivity index (χ1n) is 16.4. The van der Waals surface area contributed by atoms with Crippen LogP contribution in [0.1, 0.15) is 113 Å². The Hall–Kier alpha value is -1.73. The van der Waals surface area contributed by atoms with Crippen molar-refractivity contribution in [3.63, 3.8) is 0 Å². The van der Waals surface area contributed by atoms with Gasteiger partial charge >= 0.3 is 0 Å². The zero-order chi connectivity index (χ0) is 31.1. The largest absolute Gasteiger partial charge is 0.394 e. The van der Waals surface area contributed by atoms with Crippen molar-refractivity contribution < 1.29 is 24.3 Å². The number of nitrogens with zero attached hydrogens (tertiary/aromatic N) is 1. The summed E-state index contributed by atoms with van der Waals surface area (Å²) in [6.45, 7) is 17.9. The van der Waals surface area contributed by atoms with Gasteiger partial charge in [-0.25, -0.2) is 5.06 Å². The van der Waals surface area contributed by atoms with Crippen LogP contribution in [-0.4, -0.2) is 54.1 Å². The number of amides is 2. The van der Waals surface area contributed by atoms with E-state index in [-0.39, 0.29) is 75.7 Å². The number of hydroxylamine groups is 2. The third kappa shape index (κ3) is 4.29. The number of aliphatic hydroxyl groups excluding tert-OH is 1. The van der Waals surface area contributed by atoms with Crippen molar-refractivity contribution in [2.75, 3.05) is 20.3 Å². The molecule has 4 saturated carbocycles. The van der Waals surface area contributed by atoms with Crippen LogP contribution < -0.4 is 5.32 Å². The molecule has 0 aromatic rings. The highest BCUT2D eigenvalue weighted by Crippen LogP contribution is 2.75. The Morgan fingerprint density at radius 2 is 1.67 bits per heavy atom. The van der Waals surface area contributed by atoms with Gasteiger partial charge in [0.2, 0.25) is 5.91 Å². The number of carbonyl (C=O) groups is 3. The van der Waals surface area contributed by atoms with Gasteiger partial charge in [0.05, 0.1) is 20.3 Å². The maximum atomic E-state index is 14.6. The van der Waals surface area contributed by atoms with E-state index in [9.17, 15) is 19.5 Å². The Morgan fingerprint density at radius 1 is 1.00 bits per heavy atom. The van der Waals surface area contributed by atoms with Gasteiger partial charge in [0.15, 0.2) is 5.78 Å². The minimum Gasteiger partial charge on any atom is -0.394 e. The lowest BCUT2D eigenvalue weighted by Gasteiger charge is -2.70. The first-order chi connectivity index (χ1) is 19.4. The minimum atomic E-state index is -0.606. The van der Waals surface area contributed by atoms with E-state index in [2.05, 4.69) is 59.9 Å². The van der Waals surface area contributed by atoms with Crippen molar-refractivity contribution in [3.8, 4) is 0 Å². The molecule has 2 N–H and O–H groups in total. The fraction of sp³-hybridized carbons (Fsp3) is 0.857. The molecular weight excluding hydrogens is 528 g/mol. The van der Waals surface area contributed by atoms with Gasteiger partial charge in [0.1, 0.15) is 0 Å². The average Bonchev–Trinajstić information content (AvgIpc) is 2.90. The summed E-state index contributed by atoms with van der Waals surface area (Å²) in [5.41, 5.74) is 0.241. The van der Waals surface area contributed by atoms with Crippen molar-refractivity contribution in [2.45, 2.75) is 119 Å². The molecule has 0 aromatic heterocycles. The van der Waals surface area contributed by atoms with Crippen LogP contribution in [0, 0.1) is 50.2 Å². The molecule has 236 valence electrons. The predicted octanol–water partition coefficient (Wildman–Crippen LogP) is 5.85. The molecule has 0 spiro atoms. The summed E-state index contributed by atoms with van der Waals surface area (Å²) in [5.74, 6) is 0.709. The molecule has 0 bridgehead atoms. The molecule has 42 heavy (non-hydrogen) atoms. The molecule has 0 heterocycles. The molecule has 5 aliphatic rings. The smallest absolute Gasteiger partial charge is 0.252 e. The van der Waals surface area contributed by atoms with Crippen LogP contribution in [0.15, 0.2) is 11.6 Å². The number of aliphatic hydroxyl groups is 1. The number of hydrogen-bond donors (Lipinski definition) is 2. The van der Waals surface area contributed by atoms with Gasteiger partial charge in [0.25, 0.3) is 5.91 Å². The molecule has 2 amide bonds. The Bertz CT molecular complexity index is 1180. The highest BCUT2D eigenvalue weighted by atomic mass is 16.7. The Morgan fingerprint density at radius 3 is 2.29 bits per heavy atom. The van der Waals surface area contributed by atoms with E-state index in [0.717, 1.165) is 51.4 Å². The van der Waals surface area contributed by atoms with Gasteiger partial charge in [-0.3, -0.25) is 19.2 Å². The van der Waals surface area contributed by atoms with Crippen molar-refractivity contribution >= 4 is 17.6 Å². The molecule has 0 aliphatic heterocycles. The quantitative estimate of drug-likeness (QED) is 0.395. The normalized spacial score (nSPS) is 45.9. The Kier molecular flexibility index (Phi) is 7.66. The van der Waals surface area contributed by atoms with E-state index in [1.165, 1.54) is 17.7 Å². The second-order valence-electron chi connectivity index (χ2n) is 16.7. The lowest BCUT2D eigenvalue weighted by molar-refractivity contribution is -0.198. The Balaban J connectivity index is 1.54. The Labute approximate surface area is 253 Å². The van der Waals surface area contributed by atoms with E-state index >= 15 is 0 Å². The van der Waals surface area contributed by atoms with Gasteiger partial charge in [0, 0.05) is 24.3 Å². The maximum absolute atomic E-state index is 14.6. The first kappa shape index (κ1) is 31.7. The molecule has 7 heteroatoms. The fourth-order valence-corrected chi connectivity index (χ4v) is 11.6. The fourth-order valence-electron chi connectivity index (χ4n) is 11.6. The van der Waals surface area contributed by atoms with E-state index in [1.807, 2.05) is 0 Å². The second-order valence-corrected chi connectivity index (χ2v) is 16.7. The van der Waals surface area contributed by atoms with E-state index in [1.54, 1.807) is 6.92 Å². The van der Waals surface area contributed by atoms with E-state index in [0.29, 0.717) is 12.3 Å². The molecule has 4 fully saturated rings. The average molecular weight is 585 g/mol. The van der Waals surface area contributed by atoms with Gasteiger partial charge in [-0.15, -0.1) is 0 Å². The standard InChI is InChI=1S/C35H56N2O5/c1-22(39)36-27-11-12-33(6)26(30(27,2)3)10-13-35(8)28(33)25(40)20-23-24-21-32(5,29(41)37(42-9)18-19-38)15-14-31(24,4)16-17-34(23,35)7/h20,24,26-28,38H,10-19,21H2,1-9H3,(H,36,39)/t24-,26?,27-,28+,31+,32-,33-,34+,35+/m0/s1. The van der Waals surface area contributed by atoms with Crippen molar-refractivity contribution in [2.24, 2.45) is 50.2 Å². The van der Waals surface area contributed by atoms with Crippen LogP contribution in [-0.2, 0) is 19.2 Å². The van der Waals surface area contributed by atoms with Gasteiger partial charge in [-0.1, -0.05) is 54.0 Å². The maximum Gasteiger partial charge on any atom is 0.252 e. The number of nitrogens with one attached hydrogen (secondary N) is 1. The predicted molar refractivity (Wildman–Crippen MR) is 163 cm³/mol. The summed E-state index contributed by atoms with van der Waals surface area (Å²) in [6.07, 6.45) is 10.6. The molecule has 0 radical (unpaired) electrons. The molecule has 7 nitrogen and oxygen atoms in total. The molecule has 5 aliphatic carbocycles. The zero-order valence-corrected chi connectivity index (χ0v) is 27.7. The molecule has 0 saturated heterocycles. The monoisotopic (exact) mass is 584 g/mol.